The fourth-order valence-electron chi connectivity index (χ4n) is 4.12. The molecule has 0 aliphatic carbocycles. The normalized spacial score (nSPS) is 15.3. The van der Waals surface area contributed by atoms with Crippen molar-refractivity contribution in [1.82, 2.24) is 0 Å². The van der Waals surface area contributed by atoms with Crippen LogP contribution in [0, 0.1) is 0 Å². The molecule has 1 fully saturated rings. The molecule has 39 heavy (non-hydrogen) atoms. The molecule has 1 saturated heterocycles. The number of cyclic esters (lactones) is 1. The predicted octanol–water partition coefficient (Wildman–Crippen LogP) is 6.47. The lowest BCUT2D eigenvalue weighted by atomic mass is 10.0. The van der Waals surface area contributed by atoms with Gasteiger partial charge in [-0.25, -0.2) is 14.4 Å². The van der Waals surface area contributed by atoms with E-state index < -0.39 is 11.9 Å². The van der Waals surface area contributed by atoms with Crippen LogP contribution in [0.5, 0.6) is 17.2 Å². The lowest BCUT2D eigenvalue weighted by Crippen LogP contribution is -2.31. The molecule has 4 rings (SSSR count). The molecule has 1 aliphatic rings. The number of unbranched alkanes of at least 4 members (excludes halogenated alkanes) is 1. The summed E-state index contributed by atoms with van der Waals surface area (Å²) in [5, 5.41) is 0. The SMILES string of the molecule is C=CC(=O)Oc1ccc(-c2ccc(OC(=O)c3ccc(OC(CCCC)C4CC(=C)C(=O)O4)cc3)cc2)cc1. The largest absolute Gasteiger partial charge is 0.487 e. The molecule has 1 aliphatic heterocycles. The van der Waals surface area contributed by atoms with E-state index in [4.69, 9.17) is 18.9 Å². The van der Waals surface area contributed by atoms with Crippen LogP contribution in [0.25, 0.3) is 11.1 Å². The van der Waals surface area contributed by atoms with Crippen molar-refractivity contribution >= 4 is 17.9 Å². The van der Waals surface area contributed by atoms with Crippen molar-refractivity contribution in [3.63, 3.8) is 0 Å². The van der Waals surface area contributed by atoms with Crippen LogP contribution in [0.4, 0.5) is 0 Å². The van der Waals surface area contributed by atoms with Gasteiger partial charge in [-0.2, -0.15) is 0 Å². The molecule has 1 heterocycles. The number of ether oxygens (including phenoxy) is 4. The number of carbonyl (C=O) groups is 3. The smallest absolute Gasteiger partial charge is 0.343 e. The minimum Gasteiger partial charge on any atom is -0.487 e. The third-order valence-corrected chi connectivity index (χ3v) is 6.27. The van der Waals surface area contributed by atoms with Crippen molar-refractivity contribution in [2.45, 2.75) is 44.8 Å². The Morgan fingerprint density at radius 3 is 2.00 bits per heavy atom. The third kappa shape index (κ3) is 7.23. The van der Waals surface area contributed by atoms with E-state index in [1.807, 2.05) is 24.3 Å². The second-order valence-electron chi connectivity index (χ2n) is 9.14. The molecule has 2 unspecified atom stereocenters. The molecule has 3 aromatic carbocycles. The standard InChI is InChI=1S/C32H30O7/c1-4-6-7-28(29-20-21(3)31(34)39-29)36-25-18-12-24(13-19-25)32(35)38-27-16-10-23(11-17-27)22-8-14-26(15-9-22)37-30(33)5-2/h5,8-19,28-29H,2-4,6-7,20H2,1H3. The molecule has 0 spiro atoms. The van der Waals surface area contributed by atoms with Crippen molar-refractivity contribution < 1.29 is 33.3 Å². The molecule has 0 saturated carbocycles. The second kappa shape index (κ2) is 12.7. The van der Waals surface area contributed by atoms with Gasteiger partial charge in [0, 0.05) is 18.1 Å². The Kier molecular flexibility index (Phi) is 8.94. The Bertz CT molecular complexity index is 1320. The van der Waals surface area contributed by atoms with E-state index in [-0.39, 0.29) is 18.2 Å². The van der Waals surface area contributed by atoms with Crippen LogP contribution >= 0.6 is 0 Å². The average Bonchev–Trinajstić information content (AvgIpc) is 3.29. The monoisotopic (exact) mass is 526 g/mol. The van der Waals surface area contributed by atoms with E-state index in [9.17, 15) is 14.4 Å². The molecule has 7 heteroatoms. The lowest BCUT2D eigenvalue weighted by Gasteiger charge is -2.23. The zero-order valence-corrected chi connectivity index (χ0v) is 21.8. The summed E-state index contributed by atoms with van der Waals surface area (Å²) in [5.41, 5.74) is 2.66. The summed E-state index contributed by atoms with van der Waals surface area (Å²) in [4.78, 5) is 35.8. The van der Waals surface area contributed by atoms with E-state index in [1.54, 1.807) is 48.5 Å². The van der Waals surface area contributed by atoms with Crippen LogP contribution in [0.1, 0.15) is 43.0 Å². The fourth-order valence-corrected chi connectivity index (χ4v) is 4.12. The number of hydrogen-bond acceptors (Lipinski definition) is 7. The Labute approximate surface area is 227 Å². The van der Waals surface area contributed by atoms with Crippen LogP contribution in [0.2, 0.25) is 0 Å². The molecule has 0 radical (unpaired) electrons. The summed E-state index contributed by atoms with van der Waals surface area (Å²) in [7, 11) is 0. The first-order valence-electron chi connectivity index (χ1n) is 12.8. The molecule has 200 valence electrons. The number of carbonyl (C=O) groups excluding carboxylic acids is 3. The summed E-state index contributed by atoms with van der Waals surface area (Å²) in [6, 6.07) is 20.9. The van der Waals surface area contributed by atoms with E-state index in [0.29, 0.717) is 34.8 Å². The first kappa shape index (κ1) is 27.4. The molecular weight excluding hydrogens is 496 g/mol. The lowest BCUT2D eigenvalue weighted by molar-refractivity contribution is -0.142. The summed E-state index contributed by atoms with van der Waals surface area (Å²) in [5.74, 6) is 0.0245. The first-order chi connectivity index (χ1) is 18.9. The Morgan fingerprint density at radius 2 is 1.49 bits per heavy atom. The maximum absolute atomic E-state index is 12.7. The van der Waals surface area contributed by atoms with Gasteiger partial charge in [-0.15, -0.1) is 0 Å². The van der Waals surface area contributed by atoms with E-state index in [0.717, 1.165) is 36.5 Å². The third-order valence-electron chi connectivity index (χ3n) is 6.27. The fraction of sp³-hybridized carbons (Fsp3) is 0.219. The van der Waals surface area contributed by atoms with Crippen molar-refractivity contribution in [3.8, 4) is 28.4 Å². The van der Waals surface area contributed by atoms with Crippen molar-refractivity contribution in [2.24, 2.45) is 0 Å². The van der Waals surface area contributed by atoms with E-state index >= 15 is 0 Å². The highest BCUT2D eigenvalue weighted by molar-refractivity contribution is 5.91. The zero-order chi connectivity index (χ0) is 27.8. The van der Waals surface area contributed by atoms with Gasteiger partial charge in [0.15, 0.2) is 0 Å². The van der Waals surface area contributed by atoms with Crippen molar-refractivity contribution in [1.29, 1.82) is 0 Å². The van der Waals surface area contributed by atoms with Gasteiger partial charge < -0.3 is 18.9 Å². The van der Waals surface area contributed by atoms with Gasteiger partial charge in [0.05, 0.1) is 5.56 Å². The molecule has 3 aromatic rings. The Morgan fingerprint density at radius 1 is 0.923 bits per heavy atom. The molecule has 0 aromatic heterocycles. The van der Waals surface area contributed by atoms with Crippen molar-refractivity contribution in [3.05, 3.63) is 103 Å². The topological polar surface area (TPSA) is 88.1 Å². The molecule has 0 N–H and O–H groups in total. The van der Waals surface area contributed by atoms with Gasteiger partial charge in [0.2, 0.25) is 0 Å². The maximum atomic E-state index is 12.7. The highest BCUT2D eigenvalue weighted by Crippen LogP contribution is 2.28. The number of esters is 3. The van der Waals surface area contributed by atoms with Crippen LogP contribution < -0.4 is 14.2 Å². The highest BCUT2D eigenvalue weighted by Gasteiger charge is 2.35. The number of benzene rings is 3. The molecule has 0 bridgehead atoms. The van der Waals surface area contributed by atoms with E-state index in [1.165, 1.54) is 0 Å². The van der Waals surface area contributed by atoms with Crippen LogP contribution in [0.15, 0.2) is 97.6 Å². The average molecular weight is 527 g/mol. The quantitative estimate of drug-likeness (QED) is 0.161. The Hall–Kier alpha value is -4.65. The first-order valence-corrected chi connectivity index (χ1v) is 12.8. The molecule has 2 atom stereocenters. The zero-order valence-electron chi connectivity index (χ0n) is 21.8. The van der Waals surface area contributed by atoms with Crippen LogP contribution in [-0.4, -0.2) is 30.1 Å². The number of hydrogen-bond donors (Lipinski definition) is 0. The minimum atomic E-state index is -0.518. The van der Waals surface area contributed by atoms with Gasteiger partial charge in [-0.1, -0.05) is 50.8 Å². The van der Waals surface area contributed by atoms with Gasteiger partial charge in [-0.05, 0) is 72.5 Å². The van der Waals surface area contributed by atoms with Crippen LogP contribution in [0.3, 0.4) is 0 Å². The van der Waals surface area contributed by atoms with Crippen LogP contribution in [-0.2, 0) is 14.3 Å². The molecular formula is C32H30O7. The second-order valence-corrected chi connectivity index (χ2v) is 9.14. The number of rotatable bonds is 11. The minimum absolute atomic E-state index is 0.289. The summed E-state index contributed by atoms with van der Waals surface area (Å²) < 4.78 is 22.2. The van der Waals surface area contributed by atoms with Gasteiger partial charge in [-0.3, -0.25) is 0 Å². The molecule has 7 nitrogen and oxygen atoms in total. The highest BCUT2D eigenvalue weighted by atomic mass is 16.6. The maximum Gasteiger partial charge on any atom is 0.343 e. The van der Waals surface area contributed by atoms with Gasteiger partial charge in [0.25, 0.3) is 0 Å². The van der Waals surface area contributed by atoms with Gasteiger partial charge in [0.1, 0.15) is 29.5 Å². The van der Waals surface area contributed by atoms with Crippen molar-refractivity contribution in [2.75, 3.05) is 0 Å². The summed E-state index contributed by atoms with van der Waals surface area (Å²) in [6.45, 7) is 9.22. The molecule has 0 amide bonds. The summed E-state index contributed by atoms with van der Waals surface area (Å²) in [6.07, 6.45) is 3.58. The summed E-state index contributed by atoms with van der Waals surface area (Å²) >= 11 is 0. The van der Waals surface area contributed by atoms with E-state index in [2.05, 4.69) is 20.1 Å². The Balaban J connectivity index is 1.35. The predicted molar refractivity (Wildman–Crippen MR) is 147 cm³/mol. The van der Waals surface area contributed by atoms with Gasteiger partial charge >= 0.3 is 17.9 Å².